The average Bonchev–Trinajstić information content (AvgIpc) is 2.77. The summed E-state index contributed by atoms with van der Waals surface area (Å²) in [5.74, 6) is -1.60. The minimum atomic E-state index is -0.815. The lowest BCUT2D eigenvalue weighted by Gasteiger charge is -2.11. The number of thiophene rings is 1. The van der Waals surface area contributed by atoms with E-state index in [1.54, 1.807) is 17.4 Å². The second-order valence-electron chi connectivity index (χ2n) is 4.01. The molecule has 0 fully saturated rings. The van der Waals surface area contributed by atoms with Crippen molar-refractivity contribution in [1.29, 1.82) is 0 Å². The van der Waals surface area contributed by atoms with E-state index in [0.717, 1.165) is 11.6 Å². The molecule has 2 rings (SSSR count). The van der Waals surface area contributed by atoms with Gasteiger partial charge in [0.2, 0.25) is 0 Å². The van der Waals surface area contributed by atoms with Crippen molar-refractivity contribution in [2.45, 2.75) is 18.9 Å². The van der Waals surface area contributed by atoms with E-state index in [4.69, 9.17) is 5.73 Å². The predicted molar refractivity (Wildman–Crippen MR) is 66.1 cm³/mol. The lowest BCUT2D eigenvalue weighted by atomic mass is 10.0. The number of hydrogen-bond acceptors (Lipinski definition) is 2. The second-order valence-corrected chi connectivity index (χ2v) is 4.79. The molecule has 0 spiro atoms. The first-order valence-electron chi connectivity index (χ1n) is 5.36. The van der Waals surface area contributed by atoms with Gasteiger partial charge in [-0.05, 0) is 46.9 Å². The number of hydrogen-bond donors (Lipinski definition) is 1. The van der Waals surface area contributed by atoms with Gasteiger partial charge < -0.3 is 5.73 Å². The lowest BCUT2D eigenvalue weighted by molar-refractivity contribution is 0.492. The minimum absolute atomic E-state index is 0.194. The number of halogens is 2. The van der Waals surface area contributed by atoms with Crippen molar-refractivity contribution < 1.29 is 8.78 Å². The van der Waals surface area contributed by atoms with Crippen molar-refractivity contribution in [3.05, 3.63) is 57.8 Å². The monoisotopic (exact) mass is 253 g/mol. The van der Waals surface area contributed by atoms with Gasteiger partial charge in [0.05, 0.1) is 0 Å². The first kappa shape index (κ1) is 12.2. The van der Waals surface area contributed by atoms with Gasteiger partial charge in [0.15, 0.2) is 11.6 Å². The van der Waals surface area contributed by atoms with E-state index >= 15 is 0 Å². The lowest BCUT2D eigenvalue weighted by Crippen LogP contribution is -2.25. The fourth-order valence-electron chi connectivity index (χ4n) is 1.77. The van der Waals surface area contributed by atoms with Crippen molar-refractivity contribution in [1.82, 2.24) is 0 Å². The molecule has 0 saturated heterocycles. The fraction of sp³-hybridized carbons (Fsp3) is 0.231. The number of rotatable bonds is 4. The molecule has 0 amide bonds. The summed E-state index contributed by atoms with van der Waals surface area (Å²) in [4.78, 5) is 0. The van der Waals surface area contributed by atoms with Gasteiger partial charge in [-0.15, -0.1) is 0 Å². The van der Waals surface area contributed by atoms with Crippen LogP contribution in [0.2, 0.25) is 0 Å². The van der Waals surface area contributed by atoms with Crippen molar-refractivity contribution in [2.75, 3.05) is 0 Å². The Balaban J connectivity index is 2.03. The molecule has 1 unspecified atom stereocenters. The van der Waals surface area contributed by atoms with Gasteiger partial charge in [0.1, 0.15) is 0 Å². The zero-order chi connectivity index (χ0) is 12.3. The third-order valence-electron chi connectivity index (χ3n) is 2.59. The summed E-state index contributed by atoms with van der Waals surface area (Å²) in [6, 6.07) is 5.99. The zero-order valence-electron chi connectivity index (χ0n) is 9.20. The molecule has 0 bridgehead atoms. The van der Waals surface area contributed by atoms with E-state index in [9.17, 15) is 8.78 Å². The van der Waals surface area contributed by atoms with Crippen LogP contribution in [0.4, 0.5) is 8.78 Å². The van der Waals surface area contributed by atoms with Crippen LogP contribution in [0.15, 0.2) is 35.0 Å². The Bertz CT molecular complexity index is 482. The molecule has 90 valence electrons. The third kappa shape index (κ3) is 3.11. The van der Waals surface area contributed by atoms with E-state index in [2.05, 4.69) is 0 Å². The van der Waals surface area contributed by atoms with Gasteiger partial charge in [-0.25, -0.2) is 8.78 Å². The Morgan fingerprint density at radius 2 is 2.00 bits per heavy atom. The van der Waals surface area contributed by atoms with Crippen molar-refractivity contribution >= 4 is 11.3 Å². The molecule has 1 atom stereocenters. The summed E-state index contributed by atoms with van der Waals surface area (Å²) in [5, 5.41) is 3.99. The van der Waals surface area contributed by atoms with Gasteiger partial charge in [-0.2, -0.15) is 11.3 Å². The maximum atomic E-state index is 13.4. The van der Waals surface area contributed by atoms with Crippen molar-refractivity contribution in [3.8, 4) is 0 Å². The Hall–Kier alpha value is -1.26. The highest BCUT2D eigenvalue weighted by atomic mass is 32.1. The Morgan fingerprint density at radius 3 is 2.71 bits per heavy atom. The Morgan fingerprint density at radius 1 is 1.18 bits per heavy atom. The molecular formula is C13H13F2NS. The van der Waals surface area contributed by atoms with Crippen LogP contribution in [0.5, 0.6) is 0 Å². The van der Waals surface area contributed by atoms with E-state index in [0.29, 0.717) is 18.4 Å². The molecule has 2 N–H and O–H groups in total. The van der Waals surface area contributed by atoms with Gasteiger partial charge in [0, 0.05) is 6.04 Å². The van der Waals surface area contributed by atoms with Crippen LogP contribution in [0, 0.1) is 11.6 Å². The standard InChI is InChI=1S/C13H13F2NS/c14-12-3-1-2-10(13(12)15)7-11(16)6-9-4-5-17-8-9/h1-5,8,11H,6-7,16H2. The van der Waals surface area contributed by atoms with Crippen LogP contribution in [-0.2, 0) is 12.8 Å². The molecule has 4 heteroatoms. The Kier molecular flexibility index (Phi) is 3.86. The molecule has 1 aromatic carbocycles. The van der Waals surface area contributed by atoms with Crippen molar-refractivity contribution in [2.24, 2.45) is 5.73 Å². The van der Waals surface area contributed by atoms with Gasteiger partial charge >= 0.3 is 0 Å². The van der Waals surface area contributed by atoms with E-state index in [1.807, 2.05) is 16.8 Å². The van der Waals surface area contributed by atoms with Crippen LogP contribution in [0.3, 0.4) is 0 Å². The van der Waals surface area contributed by atoms with Gasteiger partial charge in [0.25, 0.3) is 0 Å². The highest BCUT2D eigenvalue weighted by molar-refractivity contribution is 7.07. The zero-order valence-corrected chi connectivity index (χ0v) is 10.0. The van der Waals surface area contributed by atoms with Crippen LogP contribution in [-0.4, -0.2) is 6.04 Å². The highest BCUT2D eigenvalue weighted by Crippen LogP contribution is 2.15. The topological polar surface area (TPSA) is 26.0 Å². The summed E-state index contributed by atoms with van der Waals surface area (Å²) in [7, 11) is 0. The summed E-state index contributed by atoms with van der Waals surface area (Å²) in [6.07, 6.45) is 1.03. The second kappa shape index (κ2) is 5.38. The molecule has 0 radical (unpaired) electrons. The molecule has 2 aromatic rings. The smallest absolute Gasteiger partial charge is 0.162 e. The highest BCUT2D eigenvalue weighted by Gasteiger charge is 2.12. The SMILES string of the molecule is NC(Cc1ccsc1)Cc1cccc(F)c1F. The van der Waals surface area contributed by atoms with Crippen molar-refractivity contribution in [3.63, 3.8) is 0 Å². The first-order valence-corrected chi connectivity index (χ1v) is 6.30. The predicted octanol–water partition coefficient (Wildman–Crippen LogP) is 3.14. The summed E-state index contributed by atoms with van der Waals surface area (Å²) in [6.45, 7) is 0. The molecular weight excluding hydrogens is 240 g/mol. The molecule has 0 aliphatic carbocycles. The minimum Gasteiger partial charge on any atom is -0.327 e. The maximum absolute atomic E-state index is 13.4. The Labute approximate surface area is 103 Å². The molecule has 17 heavy (non-hydrogen) atoms. The largest absolute Gasteiger partial charge is 0.327 e. The summed E-state index contributed by atoms with van der Waals surface area (Å²) in [5.41, 5.74) is 7.41. The van der Waals surface area contributed by atoms with Crippen LogP contribution >= 0.6 is 11.3 Å². The third-order valence-corrected chi connectivity index (χ3v) is 3.32. The number of nitrogens with two attached hydrogens (primary N) is 1. The molecule has 1 aromatic heterocycles. The summed E-state index contributed by atoms with van der Waals surface area (Å²) >= 11 is 1.60. The van der Waals surface area contributed by atoms with Gasteiger partial charge in [-0.1, -0.05) is 12.1 Å². The van der Waals surface area contributed by atoms with Gasteiger partial charge in [-0.3, -0.25) is 0 Å². The molecule has 1 heterocycles. The molecule has 0 aliphatic rings. The number of benzene rings is 1. The molecule has 1 nitrogen and oxygen atoms in total. The fourth-order valence-corrected chi connectivity index (χ4v) is 2.45. The molecule has 0 aliphatic heterocycles. The van der Waals surface area contributed by atoms with Crippen LogP contribution in [0.25, 0.3) is 0 Å². The quantitative estimate of drug-likeness (QED) is 0.890. The maximum Gasteiger partial charge on any atom is 0.162 e. The average molecular weight is 253 g/mol. The first-order chi connectivity index (χ1) is 8.16. The van der Waals surface area contributed by atoms with E-state index in [1.165, 1.54) is 6.07 Å². The summed E-state index contributed by atoms with van der Waals surface area (Å²) < 4.78 is 26.4. The normalized spacial score (nSPS) is 12.6. The van der Waals surface area contributed by atoms with Crippen LogP contribution in [0.1, 0.15) is 11.1 Å². The van der Waals surface area contributed by atoms with E-state index < -0.39 is 11.6 Å². The van der Waals surface area contributed by atoms with E-state index in [-0.39, 0.29) is 6.04 Å². The molecule has 0 saturated carbocycles. The van der Waals surface area contributed by atoms with Crippen LogP contribution < -0.4 is 5.73 Å².